The van der Waals surface area contributed by atoms with E-state index in [0.29, 0.717) is 6.42 Å². The molecular formula is C10H19N2O. The van der Waals surface area contributed by atoms with E-state index in [1.807, 2.05) is 0 Å². The molecule has 0 aromatic heterocycles. The average molecular weight is 183 g/mol. The number of hydrogen-bond donors (Lipinski definition) is 0. The van der Waals surface area contributed by atoms with Gasteiger partial charge in [-0.25, -0.2) is 0 Å². The fourth-order valence-electron chi connectivity index (χ4n) is 1.78. The van der Waals surface area contributed by atoms with E-state index in [9.17, 15) is 4.79 Å². The molecule has 1 fully saturated rings. The highest BCUT2D eigenvalue weighted by atomic mass is 16.1. The molecule has 75 valence electrons. The van der Waals surface area contributed by atoms with Crippen LogP contribution in [0.25, 0.3) is 0 Å². The van der Waals surface area contributed by atoms with Gasteiger partial charge in [0.05, 0.1) is 6.04 Å². The van der Waals surface area contributed by atoms with Crippen molar-refractivity contribution in [1.82, 2.24) is 9.80 Å². The van der Waals surface area contributed by atoms with Crippen LogP contribution in [0.5, 0.6) is 0 Å². The first-order valence-corrected chi connectivity index (χ1v) is 4.87. The lowest BCUT2D eigenvalue weighted by Crippen LogP contribution is -2.50. The molecule has 3 nitrogen and oxygen atoms in total. The molecule has 0 aromatic rings. The Morgan fingerprint density at radius 3 is 2.31 bits per heavy atom. The van der Waals surface area contributed by atoms with Gasteiger partial charge in [-0.1, -0.05) is 6.92 Å². The first kappa shape index (κ1) is 10.7. The van der Waals surface area contributed by atoms with E-state index in [-0.39, 0.29) is 11.8 Å². The number of piperazine rings is 1. The monoisotopic (exact) mass is 183 g/mol. The SMILES string of the molecule is [CH2]CC(C(C)=O)N1CCN(C)CC1. The van der Waals surface area contributed by atoms with Crippen LogP contribution in [0.2, 0.25) is 0 Å². The van der Waals surface area contributed by atoms with Crippen molar-refractivity contribution in [2.24, 2.45) is 0 Å². The van der Waals surface area contributed by atoms with E-state index in [1.165, 1.54) is 0 Å². The van der Waals surface area contributed by atoms with Crippen LogP contribution in [0.15, 0.2) is 0 Å². The highest BCUT2D eigenvalue weighted by molar-refractivity contribution is 5.81. The molecule has 0 N–H and O–H groups in total. The molecule has 0 spiro atoms. The van der Waals surface area contributed by atoms with Gasteiger partial charge < -0.3 is 4.90 Å². The minimum Gasteiger partial charge on any atom is -0.304 e. The van der Waals surface area contributed by atoms with Gasteiger partial charge in [0, 0.05) is 26.2 Å². The molecule has 0 amide bonds. The molecule has 0 bridgehead atoms. The van der Waals surface area contributed by atoms with Gasteiger partial charge in [-0.3, -0.25) is 9.69 Å². The van der Waals surface area contributed by atoms with Crippen LogP contribution in [0.1, 0.15) is 13.3 Å². The number of ketones is 1. The van der Waals surface area contributed by atoms with E-state index in [1.54, 1.807) is 6.92 Å². The van der Waals surface area contributed by atoms with Crippen molar-refractivity contribution in [3.63, 3.8) is 0 Å². The summed E-state index contributed by atoms with van der Waals surface area (Å²) in [6.45, 7) is 9.60. The molecule has 1 aliphatic heterocycles. The zero-order chi connectivity index (χ0) is 9.84. The molecule has 0 aliphatic carbocycles. The molecular weight excluding hydrogens is 164 g/mol. The molecule has 1 saturated heterocycles. The van der Waals surface area contributed by atoms with E-state index in [4.69, 9.17) is 0 Å². The van der Waals surface area contributed by atoms with Gasteiger partial charge in [-0.05, 0) is 20.4 Å². The van der Waals surface area contributed by atoms with Crippen molar-refractivity contribution in [2.75, 3.05) is 33.2 Å². The Hall–Kier alpha value is -0.410. The molecule has 3 heteroatoms. The Morgan fingerprint density at radius 2 is 1.92 bits per heavy atom. The summed E-state index contributed by atoms with van der Waals surface area (Å²) in [5, 5.41) is 0. The molecule has 1 aliphatic rings. The van der Waals surface area contributed by atoms with Crippen LogP contribution in [-0.2, 0) is 4.79 Å². The van der Waals surface area contributed by atoms with Gasteiger partial charge in [0.2, 0.25) is 0 Å². The highest BCUT2D eigenvalue weighted by Gasteiger charge is 2.23. The molecule has 13 heavy (non-hydrogen) atoms. The quantitative estimate of drug-likeness (QED) is 0.633. The number of hydrogen-bond acceptors (Lipinski definition) is 3. The first-order valence-electron chi connectivity index (χ1n) is 4.87. The van der Waals surface area contributed by atoms with E-state index < -0.39 is 0 Å². The minimum atomic E-state index is 0.0497. The number of Topliss-reactive ketones (excluding diaryl/α,β-unsaturated/α-hetero) is 1. The lowest BCUT2D eigenvalue weighted by atomic mass is 10.1. The Bertz CT molecular complexity index is 174. The van der Waals surface area contributed by atoms with Crippen LogP contribution in [-0.4, -0.2) is 54.9 Å². The van der Waals surface area contributed by atoms with Crippen LogP contribution < -0.4 is 0 Å². The molecule has 1 rings (SSSR count). The van der Waals surface area contributed by atoms with Gasteiger partial charge in [-0.2, -0.15) is 0 Å². The number of carbonyl (C=O) groups excluding carboxylic acids is 1. The summed E-state index contributed by atoms with van der Waals surface area (Å²) >= 11 is 0. The third-order valence-corrected chi connectivity index (χ3v) is 2.72. The van der Waals surface area contributed by atoms with E-state index in [2.05, 4.69) is 23.8 Å². The third kappa shape index (κ3) is 2.78. The Morgan fingerprint density at radius 1 is 1.38 bits per heavy atom. The Labute approximate surface area is 80.7 Å². The summed E-state index contributed by atoms with van der Waals surface area (Å²) in [7, 11) is 2.12. The van der Waals surface area contributed by atoms with Gasteiger partial charge in [-0.15, -0.1) is 0 Å². The van der Waals surface area contributed by atoms with Gasteiger partial charge >= 0.3 is 0 Å². The molecule has 1 radical (unpaired) electrons. The lowest BCUT2D eigenvalue weighted by Gasteiger charge is -2.36. The summed E-state index contributed by atoms with van der Waals surface area (Å²) in [5.41, 5.74) is 0. The third-order valence-electron chi connectivity index (χ3n) is 2.72. The van der Waals surface area contributed by atoms with Crippen molar-refractivity contribution >= 4 is 5.78 Å². The van der Waals surface area contributed by atoms with Crippen LogP contribution in [0.3, 0.4) is 0 Å². The summed E-state index contributed by atoms with van der Waals surface area (Å²) in [5.74, 6) is 0.250. The van der Waals surface area contributed by atoms with Crippen molar-refractivity contribution in [2.45, 2.75) is 19.4 Å². The van der Waals surface area contributed by atoms with E-state index >= 15 is 0 Å². The second-order valence-electron chi connectivity index (χ2n) is 3.75. The summed E-state index contributed by atoms with van der Waals surface area (Å²) in [6.07, 6.45) is 0.693. The standard InChI is InChI=1S/C10H19N2O/c1-4-10(9(2)13)12-7-5-11(3)6-8-12/h10H,1,4-8H2,2-3H3. The minimum absolute atomic E-state index is 0.0497. The molecule has 1 atom stereocenters. The molecule has 0 aromatic carbocycles. The summed E-state index contributed by atoms with van der Waals surface area (Å²) < 4.78 is 0. The Kier molecular flexibility index (Phi) is 3.88. The Balaban J connectivity index is 2.46. The highest BCUT2D eigenvalue weighted by Crippen LogP contribution is 2.08. The fraction of sp³-hybridized carbons (Fsp3) is 0.800. The number of carbonyl (C=O) groups is 1. The normalized spacial score (nSPS) is 23.0. The molecule has 1 unspecified atom stereocenters. The zero-order valence-electron chi connectivity index (χ0n) is 8.62. The van der Waals surface area contributed by atoms with Gasteiger partial charge in [0.25, 0.3) is 0 Å². The molecule has 1 heterocycles. The first-order chi connectivity index (χ1) is 6.15. The maximum absolute atomic E-state index is 11.3. The second kappa shape index (κ2) is 4.72. The largest absolute Gasteiger partial charge is 0.304 e. The second-order valence-corrected chi connectivity index (χ2v) is 3.75. The number of rotatable bonds is 3. The van der Waals surface area contributed by atoms with Gasteiger partial charge in [0.15, 0.2) is 0 Å². The van der Waals surface area contributed by atoms with Crippen molar-refractivity contribution < 1.29 is 4.79 Å². The maximum Gasteiger partial charge on any atom is 0.146 e. The van der Waals surface area contributed by atoms with Crippen LogP contribution in [0, 0.1) is 6.92 Å². The van der Waals surface area contributed by atoms with Crippen LogP contribution in [0.4, 0.5) is 0 Å². The number of likely N-dealkylation sites (N-methyl/N-ethyl adjacent to an activating group) is 1. The van der Waals surface area contributed by atoms with Crippen molar-refractivity contribution in [3.05, 3.63) is 6.92 Å². The smallest absolute Gasteiger partial charge is 0.146 e. The summed E-state index contributed by atoms with van der Waals surface area (Å²) in [6, 6.07) is 0.0497. The van der Waals surface area contributed by atoms with Crippen molar-refractivity contribution in [1.29, 1.82) is 0 Å². The lowest BCUT2D eigenvalue weighted by molar-refractivity contribution is -0.122. The average Bonchev–Trinajstić information content (AvgIpc) is 2.09. The summed E-state index contributed by atoms with van der Waals surface area (Å²) in [4.78, 5) is 15.8. The van der Waals surface area contributed by atoms with Crippen molar-refractivity contribution in [3.8, 4) is 0 Å². The van der Waals surface area contributed by atoms with Gasteiger partial charge in [0.1, 0.15) is 5.78 Å². The van der Waals surface area contributed by atoms with E-state index in [0.717, 1.165) is 26.2 Å². The topological polar surface area (TPSA) is 23.6 Å². The fourth-order valence-corrected chi connectivity index (χ4v) is 1.78. The number of nitrogens with zero attached hydrogens (tertiary/aromatic N) is 2. The maximum atomic E-state index is 11.3. The zero-order valence-corrected chi connectivity index (χ0v) is 8.62. The predicted molar refractivity (Wildman–Crippen MR) is 53.5 cm³/mol. The van der Waals surface area contributed by atoms with Crippen LogP contribution >= 0.6 is 0 Å². The molecule has 0 saturated carbocycles. The predicted octanol–water partition coefficient (Wildman–Crippen LogP) is 0.416.